The number of aliphatic hydroxyl groups is 1. The number of aliphatic hydroxyl groups excluding tert-OH is 1. The van der Waals surface area contributed by atoms with Gasteiger partial charge in [-0.25, -0.2) is 18.6 Å². The molecule has 0 unspecified atom stereocenters. The molecule has 1 saturated heterocycles. The van der Waals surface area contributed by atoms with Crippen molar-refractivity contribution in [3.63, 3.8) is 0 Å². The Labute approximate surface area is 200 Å². The molecule has 33 heavy (non-hydrogen) atoms. The molecule has 0 spiro atoms. The molecule has 2 aliphatic rings. The number of carbonyl (C=O) groups is 1. The van der Waals surface area contributed by atoms with Gasteiger partial charge in [-0.05, 0) is 19.1 Å². The fourth-order valence-electron chi connectivity index (χ4n) is 3.09. The van der Waals surface area contributed by atoms with E-state index in [1.54, 1.807) is 18.0 Å². The predicted octanol–water partition coefficient (Wildman–Crippen LogP) is 3.60. The van der Waals surface area contributed by atoms with Crippen LogP contribution in [-0.2, 0) is 9.53 Å². The van der Waals surface area contributed by atoms with Crippen molar-refractivity contribution >= 4 is 34.7 Å². The number of thiazole rings is 1. The Bertz CT molecular complexity index is 940. The van der Waals surface area contributed by atoms with Crippen LogP contribution in [-0.4, -0.2) is 72.6 Å². The standard InChI is InChI=1S/C15H18F2N4O2S.C6H5Cl.CH4O/c1-2-23-14(22)10-7-19-12(13-18-4-6-24-13)20-11(10)8-21-5-3-15(16,17)9-21;7-6-4-2-1-3-5-6;1-2/h4,6H,2-3,5,7-9H2,1H3,(H,19,20);1-5H;2H,1H3. The van der Waals surface area contributed by atoms with Crippen molar-refractivity contribution in [3.05, 3.63) is 63.2 Å². The molecule has 0 radical (unpaired) electrons. The minimum atomic E-state index is -2.68. The summed E-state index contributed by atoms with van der Waals surface area (Å²) >= 11 is 6.96. The summed E-state index contributed by atoms with van der Waals surface area (Å²) in [6.07, 6.45) is 1.50. The molecule has 0 saturated carbocycles. The first-order valence-corrected chi connectivity index (χ1v) is 11.5. The summed E-state index contributed by atoms with van der Waals surface area (Å²) < 4.78 is 31.9. The van der Waals surface area contributed by atoms with E-state index in [2.05, 4.69) is 15.3 Å². The van der Waals surface area contributed by atoms with Gasteiger partial charge in [0.05, 0.1) is 25.3 Å². The third-order valence-corrected chi connectivity index (χ3v) is 5.58. The topological polar surface area (TPSA) is 87.0 Å². The summed E-state index contributed by atoms with van der Waals surface area (Å²) in [5.74, 6) is -2.59. The van der Waals surface area contributed by atoms with Gasteiger partial charge < -0.3 is 15.2 Å². The van der Waals surface area contributed by atoms with Crippen molar-refractivity contribution in [1.82, 2.24) is 15.2 Å². The molecule has 0 atom stereocenters. The molecule has 0 amide bonds. The highest BCUT2D eigenvalue weighted by atomic mass is 35.5. The number of hydrogen-bond donors (Lipinski definition) is 2. The van der Waals surface area contributed by atoms with E-state index in [0.717, 1.165) is 12.1 Å². The van der Waals surface area contributed by atoms with Gasteiger partial charge in [-0.15, -0.1) is 11.3 Å². The fraction of sp³-hybridized carbons (Fsp3) is 0.409. The van der Waals surface area contributed by atoms with E-state index in [-0.39, 0.29) is 39.2 Å². The highest BCUT2D eigenvalue weighted by molar-refractivity contribution is 7.11. The molecule has 2 aliphatic heterocycles. The van der Waals surface area contributed by atoms with Crippen LogP contribution in [0.1, 0.15) is 18.4 Å². The molecule has 7 nitrogen and oxygen atoms in total. The molecular weight excluding hydrogens is 474 g/mol. The summed E-state index contributed by atoms with van der Waals surface area (Å²) in [6.45, 7) is 2.34. The van der Waals surface area contributed by atoms with Gasteiger partial charge in [0.15, 0.2) is 10.8 Å². The second-order valence-electron chi connectivity index (χ2n) is 6.92. The molecule has 180 valence electrons. The number of ether oxygens (including phenoxy) is 1. The number of rotatable bonds is 5. The van der Waals surface area contributed by atoms with Crippen LogP contribution in [0.3, 0.4) is 0 Å². The number of hydrogen-bond acceptors (Lipinski definition) is 8. The van der Waals surface area contributed by atoms with Gasteiger partial charge in [0, 0.05) is 48.9 Å². The van der Waals surface area contributed by atoms with Crippen molar-refractivity contribution in [2.75, 3.05) is 39.9 Å². The minimum absolute atomic E-state index is 0.153. The maximum Gasteiger partial charge on any atom is 0.337 e. The fourth-order valence-corrected chi connectivity index (χ4v) is 3.84. The molecule has 11 heteroatoms. The molecule has 4 rings (SSSR count). The molecule has 0 bridgehead atoms. The minimum Gasteiger partial charge on any atom is -0.463 e. The zero-order chi connectivity index (χ0) is 24.3. The lowest BCUT2D eigenvalue weighted by atomic mass is 10.1. The van der Waals surface area contributed by atoms with Gasteiger partial charge in [0.25, 0.3) is 5.92 Å². The van der Waals surface area contributed by atoms with Crippen LogP contribution >= 0.6 is 22.9 Å². The summed E-state index contributed by atoms with van der Waals surface area (Å²) in [5, 5.41) is 13.4. The van der Waals surface area contributed by atoms with Crippen molar-refractivity contribution in [2.24, 2.45) is 4.99 Å². The molecule has 1 aromatic carbocycles. The number of likely N-dealkylation sites (tertiary alicyclic amines) is 1. The second kappa shape index (κ2) is 13.3. The molecule has 1 aromatic heterocycles. The number of amidine groups is 1. The highest BCUT2D eigenvalue weighted by Gasteiger charge is 2.39. The lowest BCUT2D eigenvalue weighted by molar-refractivity contribution is -0.138. The van der Waals surface area contributed by atoms with Crippen molar-refractivity contribution in [1.29, 1.82) is 0 Å². The largest absolute Gasteiger partial charge is 0.463 e. The van der Waals surface area contributed by atoms with E-state index >= 15 is 0 Å². The number of nitrogens with one attached hydrogen (secondary N) is 1. The summed E-state index contributed by atoms with van der Waals surface area (Å²) in [7, 11) is 1.00. The second-order valence-corrected chi connectivity index (χ2v) is 8.25. The third kappa shape index (κ3) is 8.47. The van der Waals surface area contributed by atoms with Crippen LogP contribution in [0.5, 0.6) is 0 Å². The summed E-state index contributed by atoms with van der Waals surface area (Å²) in [6, 6.07) is 9.44. The third-order valence-electron chi connectivity index (χ3n) is 4.55. The summed E-state index contributed by atoms with van der Waals surface area (Å²) in [5.41, 5.74) is 0.943. The smallest absolute Gasteiger partial charge is 0.337 e. The van der Waals surface area contributed by atoms with Gasteiger partial charge in [-0.1, -0.05) is 29.8 Å². The van der Waals surface area contributed by atoms with Gasteiger partial charge >= 0.3 is 5.97 Å². The van der Waals surface area contributed by atoms with E-state index in [1.807, 2.05) is 35.7 Å². The van der Waals surface area contributed by atoms with E-state index < -0.39 is 11.9 Å². The molecule has 3 heterocycles. The van der Waals surface area contributed by atoms with E-state index in [4.69, 9.17) is 21.4 Å². The monoisotopic (exact) mass is 500 g/mol. The average Bonchev–Trinajstić information content (AvgIpc) is 3.46. The Hall–Kier alpha value is -2.40. The first kappa shape index (κ1) is 26.8. The average molecular weight is 501 g/mol. The summed E-state index contributed by atoms with van der Waals surface area (Å²) in [4.78, 5) is 22.3. The predicted molar refractivity (Wildman–Crippen MR) is 126 cm³/mol. The Kier molecular flexibility index (Phi) is 10.9. The van der Waals surface area contributed by atoms with Gasteiger partial charge in [-0.2, -0.15) is 0 Å². The van der Waals surface area contributed by atoms with E-state index in [9.17, 15) is 13.6 Å². The molecule has 2 N–H and O–H groups in total. The maximum absolute atomic E-state index is 13.4. The Morgan fingerprint density at radius 1 is 1.33 bits per heavy atom. The Morgan fingerprint density at radius 3 is 2.58 bits per heavy atom. The number of esters is 1. The zero-order valence-electron chi connectivity index (χ0n) is 18.4. The van der Waals surface area contributed by atoms with Crippen LogP contribution in [0.2, 0.25) is 5.02 Å². The van der Waals surface area contributed by atoms with E-state index in [0.29, 0.717) is 22.1 Å². The Morgan fingerprint density at radius 2 is 2.06 bits per heavy atom. The lowest BCUT2D eigenvalue weighted by Crippen LogP contribution is -2.38. The number of halogens is 3. The van der Waals surface area contributed by atoms with Crippen molar-refractivity contribution < 1.29 is 23.4 Å². The number of aliphatic imine (C=N–C) groups is 1. The van der Waals surface area contributed by atoms with Crippen LogP contribution in [0.25, 0.3) is 0 Å². The number of alkyl halides is 2. The van der Waals surface area contributed by atoms with Gasteiger partial charge in [0.2, 0.25) is 0 Å². The molecular formula is C22H27ClF2N4O3S. The zero-order valence-corrected chi connectivity index (χ0v) is 20.0. The normalized spacial score (nSPS) is 17.1. The molecule has 2 aromatic rings. The molecule has 0 aliphatic carbocycles. The van der Waals surface area contributed by atoms with Crippen LogP contribution < -0.4 is 5.32 Å². The van der Waals surface area contributed by atoms with Crippen LogP contribution in [0, 0.1) is 0 Å². The van der Waals surface area contributed by atoms with Gasteiger partial charge in [-0.3, -0.25) is 9.89 Å². The van der Waals surface area contributed by atoms with Crippen molar-refractivity contribution in [3.8, 4) is 0 Å². The Balaban J connectivity index is 0.000000362. The van der Waals surface area contributed by atoms with Crippen LogP contribution in [0.15, 0.2) is 58.2 Å². The number of aromatic nitrogens is 1. The molecule has 1 fully saturated rings. The highest BCUT2D eigenvalue weighted by Crippen LogP contribution is 2.28. The number of carbonyl (C=O) groups excluding carboxylic acids is 1. The van der Waals surface area contributed by atoms with Crippen molar-refractivity contribution in [2.45, 2.75) is 19.3 Å². The maximum atomic E-state index is 13.4. The van der Waals surface area contributed by atoms with E-state index in [1.165, 1.54) is 11.3 Å². The number of benzene rings is 1. The number of nitrogens with zero attached hydrogens (tertiary/aromatic N) is 3. The quantitative estimate of drug-likeness (QED) is 0.610. The SMILES string of the molecule is CCOC(=O)C1=C(CN2CCC(F)(F)C2)NC(c2nccs2)=NC1.CO.Clc1ccccc1. The van der Waals surface area contributed by atoms with Crippen LogP contribution in [0.4, 0.5) is 8.78 Å². The first-order chi connectivity index (χ1) is 15.9. The first-order valence-electron chi connectivity index (χ1n) is 10.2. The van der Waals surface area contributed by atoms with Gasteiger partial charge in [0.1, 0.15) is 0 Å². The lowest BCUT2D eigenvalue weighted by Gasteiger charge is -2.24.